The van der Waals surface area contributed by atoms with E-state index in [9.17, 15) is 5.11 Å². The third-order valence-corrected chi connectivity index (χ3v) is 2.44. The van der Waals surface area contributed by atoms with Crippen LogP contribution in [0.25, 0.3) is 10.9 Å². The van der Waals surface area contributed by atoms with Crippen molar-refractivity contribution in [3.05, 3.63) is 35.0 Å². The molecule has 14 heavy (non-hydrogen) atoms. The van der Waals surface area contributed by atoms with Crippen LogP contribution in [0.1, 0.15) is 11.7 Å². The van der Waals surface area contributed by atoms with E-state index in [1.54, 1.807) is 18.3 Å². The minimum absolute atomic E-state index is 0.282. The van der Waals surface area contributed by atoms with Gasteiger partial charge in [0, 0.05) is 27.7 Å². The Kier molecular flexibility index (Phi) is 2.46. The molecule has 1 heterocycles. The second-order valence-corrected chi connectivity index (χ2v) is 3.57. The Labute approximate surface area is 85.9 Å². The molecule has 2 aromatic rings. The maximum atomic E-state index is 9.48. The summed E-state index contributed by atoms with van der Waals surface area (Å²) >= 11 is 5.81. The van der Waals surface area contributed by atoms with Crippen LogP contribution in [0.4, 0.5) is 0 Å². The van der Waals surface area contributed by atoms with Crippen LogP contribution in [0, 0.1) is 0 Å². The molecule has 3 N–H and O–H groups in total. The van der Waals surface area contributed by atoms with Crippen molar-refractivity contribution >= 4 is 22.5 Å². The van der Waals surface area contributed by atoms with Gasteiger partial charge < -0.3 is 15.2 Å². The molecule has 0 fully saturated rings. The number of benzene rings is 1. The first kappa shape index (κ1) is 9.52. The quantitative estimate of drug-likeness (QED) is 0.710. The van der Waals surface area contributed by atoms with Crippen LogP contribution in [-0.2, 0) is 0 Å². The lowest BCUT2D eigenvalue weighted by atomic mass is 10.1. The average molecular weight is 212 g/mol. The highest BCUT2D eigenvalue weighted by Gasteiger charge is 2.11. The summed E-state index contributed by atoms with van der Waals surface area (Å²) in [6.45, 7) is -0.282. The van der Waals surface area contributed by atoms with Gasteiger partial charge in [0.1, 0.15) is 6.10 Å². The van der Waals surface area contributed by atoms with Gasteiger partial charge in [0.25, 0.3) is 0 Å². The van der Waals surface area contributed by atoms with Crippen molar-refractivity contribution in [2.75, 3.05) is 6.61 Å². The first-order valence-corrected chi connectivity index (χ1v) is 4.65. The molecule has 0 aliphatic heterocycles. The molecule has 4 heteroatoms. The molecule has 74 valence electrons. The number of aliphatic hydroxyl groups is 2. The van der Waals surface area contributed by atoms with Crippen LogP contribution in [0.2, 0.25) is 5.02 Å². The van der Waals surface area contributed by atoms with Crippen LogP contribution in [0.5, 0.6) is 0 Å². The fourth-order valence-electron chi connectivity index (χ4n) is 1.49. The Morgan fingerprint density at radius 2 is 2.21 bits per heavy atom. The highest BCUT2D eigenvalue weighted by Crippen LogP contribution is 2.26. The number of aromatic amines is 1. The lowest BCUT2D eigenvalue weighted by Crippen LogP contribution is -2.00. The van der Waals surface area contributed by atoms with Crippen LogP contribution in [-0.4, -0.2) is 21.8 Å². The zero-order valence-corrected chi connectivity index (χ0v) is 8.12. The third kappa shape index (κ3) is 1.50. The fourth-order valence-corrected chi connectivity index (χ4v) is 1.67. The molecule has 1 aromatic carbocycles. The fraction of sp³-hybridized carbons (Fsp3) is 0.200. The maximum absolute atomic E-state index is 9.48. The number of nitrogens with one attached hydrogen (secondary N) is 1. The molecule has 0 aliphatic rings. The molecule has 0 spiro atoms. The zero-order chi connectivity index (χ0) is 10.1. The number of H-pyrrole nitrogens is 1. The maximum Gasteiger partial charge on any atom is 0.104 e. The van der Waals surface area contributed by atoms with Crippen molar-refractivity contribution in [3.8, 4) is 0 Å². The molecule has 0 bridgehead atoms. The van der Waals surface area contributed by atoms with E-state index in [1.165, 1.54) is 0 Å². The standard InChI is InChI=1S/C10H10ClNO2/c11-6-1-2-7-8(10(14)5-13)4-12-9(7)3-6/h1-4,10,12-14H,5H2. The van der Waals surface area contributed by atoms with E-state index in [1.807, 2.05) is 6.07 Å². The molecule has 0 saturated carbocycles. The van der Waals surface area contributed by atoms with E-state index < -0.39 is 6.10 Å². The van der Waals surface area contributed by atoms with Crippen molar-refractivity contribution in [3.63, 3.8) is 0 Å². The van der Waals surface area contributed by atoms with E-state index in [4.69, 9.17) is 16.7 Å². The van der Waals surface area contributed by atoms with Crippen LogP contribution in [0.15, 0.2) is 24.4 Å². The molecule has 0 amide bonds. The highest BCUT2D eigenvalue weighted by atomic mass is 35.5. The Bertz CT molecular complexity index is 452. The number of rotatable bonds is 2. The minimum Gasteiger partial charge on any atom is -0.393 e. The molecule has 0 radical (unpaired) electrons. The van der Waals surface area contributed by atoms with E-state index in [0.29, 0.717) is 10.6 Å². The van der Waals surface area contributed by atoms with Crippen LogP contribution >= 0.6 is 11.6 Å². The molecule has 1 atom stereocenters. The summed E-state index contributed by atoms with van der Waals surface area (Å²) in [5, 5.41) is 19.8. The number of fused-ring (bicyclic) bond motifs is 1. The Morgan fingerprint density at radius 1 is 1.43 bits per heavy atom. The summed E-state index contributed by atoms with van der Waals surface area (Å²) in [6, 6.07) is 5.36. The molecule has 0 aliphatic carbocycles. The number of halogens is 1. The van der Waals surface area contributed by atoms with E-state index >= 15 is 0 Å². The van der Waals surface area contributed by atoms with Crippen molar-refractivity contribution in [2.45, 2.75) is 6.10 Å². The molecular formula is C10H10ClNO2. The topological polar surface area (TPSA) is 56.2 Å². The second-order valence-electron chi connectivity index (χ2n) is 3.13. The summed E-state index contributed by atoms with van der Waals surface area (Å²) in [6.07, 6.45) is 0.840. The molecule has 2 rings (SSSR count). The Balaban J connectivity index is 2.58. The predicted molar refractivity (Wildman–Crippen MR) is 55.4 cm³/mol. The molecular weight excluding hydrogens is 202 g/mol. The average Bonchev–Trinajstić information content (AvgIpc) is 2.59. The van der Waals surface area contributed by atoms with Gasteiger partial charge in [0.05, 0.1) is 6.61 Å². The van der Waals surface area contributed by atoms with Crippen molar-refractivity contribution in [2.24, 2.45) is 0 Å². The van der Waals surface area contributed by atoms with Gasteiger partial charge in [-0.25, -0.2) is 0 Å². The summed E-state index contributed by atoms with van der Waals surface area (Å²) in [4.78, 5) is 2.99. The van der Waals surface area contributed by atoms with Gasteiger partial charge in [-0.2, -0.15) is 0 Å². The minimum atomic E-state index is -0.843. The molecule has 3 nitrogen and oxygen atoms in total. The number of hydrogen-bond donors (Lipinski definition) is 3. The molecule has 0 saturated heterocycles. The SMILES string of the molecule is OCC(O)c1c[nH]c2cc(Cl)ccc12. The number of hydrogen-bond acceptors (Lipinski definition) is 2. The van der Waals surface area contributed by atoms with Gasteiger partial charge in [0.15, 0.2) is 0 Å². The summed E-state index contributed by atoms with van der Waals surface area (Å²) in [7, 11) is 0. The smallest absolute Gasteiger partial charge is 0.104 e. The summed E-state index contributed by atoms with van der Waals surface area (Å²) in [5.74, 6) is 0. The normalized spacial score (nSPS) is 13.4. The first-order valence-electron chi connectivity index (χ1n) is 4.28. The van der Waals surface area contributed by atoms with Crippen LogP contribution < -0.4 is 0 Å². The lowest BCUT2D eigenvalue weighted by Gasteiger charge is -2.04. The van der Waals surface area contributed by atoms with E-state index in [0.717, 1.165) is 10.9 Å². The second kappa shape index (κ2) is 3.61. The number of aliphatic hydroxyl groups excluding tert-OH is 2. The largest absolute Gasteiger partial charge is 0.393 e. The van der Waals surface area contributed by atoms with E-state index in [-0.39, 0.29) is 6.61 Å². The first-order chi connectivity index (χ1) is 6.72. The van der Waals surface area contributed by atoms with Gasteiger partial charge in [-0.15, -0.1) is 0 Å². The summed E-state index contributed by atoms with van der Waals surface area (Å²) in [5.41, 5.74) is 1.55. The number of aromatic nitrogens is 1. The molecule has 1 aromatic heterocycles. The predicted octanol–water partition coefficient (Wildman–Crippen LogP) is 1.85. The molecule has 1 unspecified atom stereocenters. The summed E-state index contributed by atoms with van der Waals surface area (Å²) < 4.78 is 0. The van der Waals surface area contributed by atoms with Crippen molar-refractivity contribution < 1.29 is 10.2 Å². The lowest BCUT2D eigenvalue weighted by molar-refractivity contribution is 0.0967. The Morgan fingerprint density at radius 3 is 2.93 bits per heavy atom. The van der Waals surface area contributed by atoms with Crippen molar-refractivity contribution in [1.29, 1.82) is 0 Å². The van der Waals surface area contributed by atoms with Gasteiger partial charge >= 0.3 is 0 Å². The zero-order valence-electron chi connectivity index (χ0n) is 7.37. The Hall–Kier alpha value is -1.03. The van der Waals surface area contributed by atoms with Crippen LogP contribution in [0.3, 0.4) is 0 Å². The van der Waals surface area contributed by atoms with Gasteiger partial charge in [-0.3, -0.25) is 0 Å². The van der Waals surface area contributed by atoms with E-state index in [2.05, 4.69) is 4.98 Å². The van der Waals surface area contributed by atoms with Gasteiger partial charge in [0.2, 0.25) is 0 Å². The monoisotopic (exact) mass is 211 g/mol. The highest BCUT2D eigenvalue weighted by molar-refractivity contribution is 6.31. The third-order valence-electron chi connectivity index (χ3n) is 2.21. The van der Waals surface area contributed by atoms with Gasteiger partial charge in [-0.1, -0.05) is 17.7 Å². The van der Waals surface area contributed by atoms with Gasteiger partial charge in [-0.05, 0) is 12.1 Å². The van der Waals surface area contributed by atoms with Crippen molar-refractivity contribution in [1.82, 2.24) is 4.98 Å².